The number of primary amides is 1. The van der Waals surface area contributed by atoms with E-state index in [1.807, 2.05) is 0 Å². The molecule has 0 aromatic carbocycles. The number of amides is 1. The second-order valence-corrected chi connectivity index (χ2v) is 2.76. The van der Waals surface area contributed by atoms with Crippen LogP contribution in [0, 0.1) is 0 Å². The Morgan fingerprint density at radius 2 is 2.31 bits per heavy atom. The van der Waals surface area contributed by atoms with Gasteiger partial charge < -0.3 is 11.5 Å². The molecule has 4 nitrogen and oxygen atoms in total. The maximum atomic E-state index is 10.4. The molecular formula is C8H8ClN3O. The summed E-state index contributed by atoms with van der Waals surface area (Å²) in [4.78, 5) is 14.2. The molecule has 1 aromatic heterocycles. The van der Waals surface area contributed by atoms with Crippen LogP contribution in [0.15, 0.2) is 18.3 Å². The number of nitrogens with zero attached hydrogens (tertiary/aromatic N) is 1. The number of carbonyl (C=O) groups excluding carboxylic acids is 1. The van der Waals surface area contributed by atoms with Crippen molar-refractivity contribution in [2.24, 2.45) is 5.73 Å². The van der Waals surface area contributed by atoms with Gasteiger partial charge in [-0.3, -0.25) is 4.79 Å². The molecule has 0 bridgehead atoms. The number of anilines is 1. The Hall–Kier alpha value is -1.55. The highest BCUT2D eigenvalue weighted by molar-refractivity contribution is 6.29. The van der Waals surface area contributed by atoms with Crippen molar-refractivity contribution >= 4 is 29.3 Å². The van der Waals surface area contributed by atoms with E-state index in [9.17, 15) is 4.79 Å². The summed E-state index contributed by atoms with van der Waals surface area (Å²) in [6.45, 7) is 0. The minimum Gasteiger partial charge on any atom is -0.398 e. The Labute approximate surface area is 80.2 Å². The van der Waals surface area contributed by atoms with Gasteiger partial charge in [-0.25, -0.2) is 4.98 Å². The van der Waals surface area contributed by atoms with Crippen molar-refractivity contribution in [3.05, 3.63) is 29.1 Å². The van der Waals surface area contributed by atoms with Gasteiger partial charge in [-0.05, 0) is 12.1 Å². The van der Waals surface area contributed by atoms with Crippen LogP contribution in [0.5, 0.6) is 0 Å². The molecule has 4 N–H and O–H groups in total. The third-order valence-electron chi connectivity index (χ3n) is 1.36. The lowest BCUT2D eigenvalue weighted by molar-refractivity contribution is -0.113. The molecule has 0 aliphatic rings. The van der Waals surface area contributed by atoms with E-state index in [1.165, 1.54) is 24.4 Å². The van der Waals surface area contributed by atoms with Crippen molar-refractivity contribution < 1.29 is 4.79 Å². The van der Waals surface area contributed by atoms with Crippen molar-refractivity contribution in [3.63, 3.8) is 0 Å². The number of nitrogens with two attached hydrogens (primary N) is 2. The first-order valence-electron chi connectivity index (χ1n) is 3.48. The van der Waals surface area contributed by atoms with Crippen LogP contribution >= 0.6 is 11.6 Å². The Morgan fingerprint density at radius 1 is 1.62 bits per heavy atom. The fourth-order valence-electron chi connectivity index (χ4n) is 0.766. The molecule has 1 aromatic rings. The number of rotatable bonds is 2. The molecule has 5 heteroatoms. The van der Waals surface area contributed by atoms with Crippen molar-refractivity contribution in [1.82, 2.24) is 4.98 Å². The van der Waals surface area contributed by atoms with E-state index >= 15 is 0 Å². The summed E-state index contributed by atoms with van der Waals surface area (Å²) in [6, 6.07) is 1.50. The lowest BCUT2D eigenvalue weighted by Crippen LogP contribution is -2.05. The minimum absolute atomic E-state index is 0.314. The number of pyridine rings is 1. The van der Waals surface area contributed by atoms with Crippen molar-refractivity contribution in [1.29, 1.82) is 0 Å². The summed E-state index contributed by atoms with van der Waals surface area (Å²) < 4.78 is 0. The van der Waals surface area contributed by atoms with Gasteiger partial charge in [-0.15, -0.1) is 0 Å². The lowest BCUT2D eigenvalue weighted by Gasteiger charge is -1.98. The lowest BCUT2D eigenvalue weighted by atomic mass is 10.2. The summed E-state index contributed by atoms with van der Waals surface area (Å²) >= 11 is 5.57. The summed E-state index contributed by atoms with van der Waals surface area (Å²) in [7, 11) is 0. The fraction of sp³-hybridized carbons (Fsp3) is 0. The number of aromatic nitrogens is 1. The predicted molar refractivity (Wildman–Crippen MR) is 51.9 cm³/mol. The zero-order valence-electron chi connectivity index (χ0n) is 6.70. The summed E-state index contributed by atoms with van der Waals surface area (Å²) in [6.07, 6.45) is 4.17. The molecule has 1 amide bonds. The normalized spacial score (nSPS) is 10.5. The van der Waals surface area contributed by atoms with Gasteiger partial charge in [0.25, 0.3) is 0 Å². The van der Waals surface area contributed by atoms with Crippen molar-refractivity contribution in [2.45, 2.75) is 0 Å². The highest BCUT2D eigenvalue weighted by Gasteiger charge is 1.97. The molecule has 1 heterocycles. The Morgan fingerprint density at radius 3 is 2.85 bits per heavy atom. The van der Waals surface area contributed by atoms with Crippen LogP contribution in [0.3, 0.4) is 0 Å². The van der Waals surface area contributed by atoms with Gasteiger partial charge in [-0.2, -0.15) is 0 Å². The number of halogens is 1. The maximum Gasteiger partial charge on any atom is 0.241 e. The Kier molecular flexibility index (Phi) is 2.87. The molecule has 0 radical (unpaired) electrons. The molecule has 13 heavy (non-hydrogen) atoms. The van der Waals surface area contributed by atoms with Gasteiger partial charge in [0, 0.05) is 23.5 Å². The standard InChI is InChI=1S/C8H8ClN3O/c9-7-3-6(10)5(4-12-7)1-2-8(11)13/h1-4H,(H2,10,12)(H2,11,13). The molecule has 1 rings (SSSR count). The van der Waals surface area contributed by atoms with Gasteiger partial charge in [0.2, 0.25) is 5.91 Å². The molecule has 0 saturated carbocycles. The average Bonchev–Trinajstić information content (AvgIpc) is 2.02. The van der Waals surface area contributed by atoms with E-state index in [2.05, 4.69) is 4.98 Å². The highest BCUT2D eigenvalue weighted by atomic mass is 35.5. The number of nitrogen functional groups attached to an aromatic ring is 1. The fourth-order valence-corrected chi connectivity index (χ4v) is 0.932. The van der Waals surface area contributed by atoms with Crippen LogP contribution < -0.4 is 11.5 Å². The molecule has 0 saturated heterocycles. The quantitative estimate of drug-likeness (QED) is 0.544. The van der Waals surface area contributed by atoms with Crippen molar-refractivity contribution in [3.8, 4) is 0 Å². The van der Waals surface area contributed by atoms with E-state index in [0.717, 1.165) is 0 Å². The molecule has 0 spiro atoms. The summed E-state index contributed by atoms with van der Waals surface area (Å²) in [5.74, 6) is -0.533. The zero-order valence-corrected chi connectivity index (χ0v) is 7.45. The molecule has 0 aliphatic carbocycles. The van der Waals surface area contributed by atoms with E-state index in [4.69, 9.17) is 23.1 Å². The van der Waals surface area contributed by atoms with E-state index in [0.29, 0.717) is 16.4 Å². The first-order chi connectivity index (χ1) is 6.09. The van der Waals surface area contributed by atoms with Gasteiger partial charge in [0.1, 0.15) is 5.15 Å². The third kappa shape index (κ3) is 2.76. The summed E-state index contributed by atoms with van der Waals surface area (Å²) in [5.41, 5.74) is 11.6. The third-order valence-corrected chi connectivity index (χ3v) is 1.57. The van der Waals surface area contributed by atoms with Crippen LogP contribution in [0.1, 0.15) is 5.56 Å². The van der Waals surface area contributed by atoms with Crippen LogP contribution in [-0.4, -0.2) is 10.9 Å². The first-order valence-corrected chi connectivity index (χ1v) is 3.86. The summed E-state index contributed by atoms with van der Waals surface area (Å²) in [5, 5.41) is 0.314. The Bertz CT molecular complexity index is 362. The molecule has 0 atom stereocenters. The molecule has 0 unspecified atom stereocenters. The molecular weight excluding hydrogens is 190 g/mol. The first kappa shape index (κ1) is 9.54. The monoisotopic (exact) mass is 197 g/mol. The Balaban J connectivity index is 2.96. The van der Waals surface area contributed by atoms with Gasteiger partial charge in [0.05, 0.1) is 0 Å². The number of carbonyl (C=O) groups is 1. The van der Waals surface area contributed by atoms with Crippen LogP contribution in [0.4, 0.5) is 5.69 Å². The topological polar surface area (TPSA) is 82.0 Å². The number of hydrogen-bond donors (Lipinski definition) is 2. The van der Waals surface area contributed by atoms with Crippen LogP contribution in [-0.2, 0) is 4.79 Å². The zero-order chi connectivity index (χ0) is 9.84. The van der Waals surface area contributed by atoms with Gasteiger partial charge in [0.15, 0.2) is 0 Å². The van der Waals surface area contributed by atoms with E-state index in [1.54, 1.807) is 0 Å². The average molecular weight is 198 g/mol. The second-order valence-electron chi connectivity index (χ2n) is 2.37. The SMILES string of the molecule is NC(=O)C=Cc1cnc(Cl)cc1N. The largest absolute Gasteiger partial charge is 0.398 e. The van der Waals surface area contributed by atoms with Crippen LogP contribution in [0.2, 0.25) is 5.15 Å². The van der Waals surface area contributed by atoms with Crippen LogP contribution in [0.25, 0.3) is 6.08 Å². The van der Waals surface area contributed by atoms with Crippen molar-refractivity contribution in [2.75, 3.05) is 5.73 Å². The van der Waals surface area contributed by atoms with E-state index in [-0.39, 0.29) is 0 Å². The second kappa shape index (κ2) is 3.91. The number of hydrogen-bond acceptors (Lipinski definition) is 3. The van der Waals surface area contributed by atoms with Gasteiger partial charge >= 0.3 is 0 Å². The maximum absolute atomic E-state index is 10.4. The van der Waals surface area contributed by atoms with E-state index < -0.39 is 5.91 Å². The smallest absolute Gasteiger partial charge is 0.241 e. The predicted octanol–water partition coefficient (Wildman–Crippen LogP) is 0.816. The van der Waals surface area contributed by atoms with Gasteiger partial charge in [-0.1, -0.05) is 11.6 Å². The highest BCUT2D eigenvalue weighted by Crippen LogP contribution is 2.15. The molecule has 0 fully saturated rings. The molecule has 68 valence electrons. The molecule has 0 aliphatic heterocycles. The minimum atomic E-state index is -0.533.